The second-order valence-electron chi connectivity index (χ2n) is 6.54. The highest BCUT2D eigenvalue weighted by Gasteiger charge is 2.02. The molecule has 0 unspecified atom stereocenters. The SMILES string of the molecule is CCNC(=NCc1ccc(Cn2ccccc2=O)cc1)NCc1ccc(C)s1. The number of thiophene rings is 1. The van der Waals surface area contributed by atoms with E-state index >= 15 is 0 Å². The maximum Gasteiger partial charge on any atom is 0.250 e. The van der Waals surface area contributed by atoms with E-state index in [1.54, 1.807) is 28.0 Å². The van der Waals surface area contributed by atoms with Gasteiger partial charge in [0, 0.05) is 28.6 Å². The minimum absolute atomic E-state index is 0.0125. The number of pyridine rings is 1. The smallest absolute Gasteiger partial charge is 0.250 e. The summed E-state index contributed by atoms with van der Waals surface area (Å²) in [5, 5.41) is 6.67. The standard InChI is InChI=1S/C22H26N4OS/c1-3-23-22(25-15-20-12-7-17(2)28-20)24-14-18-8-10-19(11-9-18)16-26-13-5-4-6-21(26)27/h4-13H,3,14-16H2,1-2H3,(H2,23,24,25). The van der Waals surface area contributed by atoms with Crippen molar-refractivity contribution in [3.05, 3.63) is 92.0 Å². The number of rotatable bonds is 7. The summed E-state index contributed by atoms with van der Waals surface area (Å²) in [5.41, 5.74) is 2.24. The number of guanidine groups is 1. The third-order valence-electron chi connectivity index (χ3n) is 4.26. The molecule has 146 valence electrons. The molecule has 6 heteroatoms. The molecule has 5 nitrogen and oxygen atoms in total. The topological polar surface area (TPSA) is 58.4 Å². The van der Waals surface area contributed by atoms with E-state index in [9.17, 15) is 4.79 Å². The van der Waals surface area contributed by atoms with Gasteiger partial charge >= 0.3 is 0 Å². The van der Waals surface area contributed by atoms with Crippen LogP contribution >= 0.6 is 11.3 Å². The lowest BCUT2D eigenvalue weighted by molar-refractivity contribution is 0.759. The van der Waals surface area contributed by atoms with E-state index in [1.807, 2.05) is 12.3 Å². The van der Waals surface area contributed by atoms with Crippen LogP contribution in [0.4, 0.5) is 0 Å². The maximum absolute atomic E-state index is 11.8. The zero-order valence-corrected chi connectivity index (χ0v) is 17.1. The molecule has 0 aliphatic heterocycles. The van der Waals surface area contributed by atoms with Gasteiger partial charge in [-0.1, -0.05) is 30.3 Å². The summed E-state index contributed by atoms with van der Waals surface area (Å²) in [4.78, 5) is 19.1. The van der Waals surface area contributed by atoms with Crippen LogP contribution in [0.1, 0.15) is 27.8 Å². The summed E-state index contributed by atoms with van der Waals surface area (Å²) in [6.07, 6.45) is 1.81. The predicted octanol–water partition coefficient (Wildman–Crippen LogP) is 3.52. The number of nitrogens with zero attached hydrogens (tertiary/aromatic N) is 2. The van der Waals surface area contributed by atoms with Gasteiger partial charge in [0.1, 0.15) is 0 Å². The van der Waals surface area contributed by atoms with E-state index < -0.39 is 0 Å². The highest BCUT2D eigenvalue weighted by atomic mass is 32.1. The number of aliphatic imine (C=N–C) groups is 1. The zero-order chi connectivity index (χ0) is 19.8. The summed E-state index contributed by atoms with van der Waals surface area (Å²) in [6, 6.07) is 17.7. The molecule has 0 amide bonds. The van der Waals surface area contributed by atoms with Crippen LogP contribution in [0.3, 0.4) is 0 Å². The van der Waals surface area contributed by atoms with Crippen LogP contribution in [0.5, 0.6) is 0 Å². The quantitative estimate of drug-likeness (QED) is 0.476. The fraction of sp³-hybridized carbons (Fsp3) is 0.273. The minimum atomic E-state index is 0.0125. The van der Waals surface area contributed by atoms with Crippen LogP contribution in [0.25, 0.3) is 0 Å². The first-order valence-electron chi connectivity index (χ1n) is 9.45. The number of aromatic nitrogens is 1. The second kappa shape index (κ2) is 9.90. The predicted molar refractivity (Wildman–Crippen MR) is 117 cm³/mol. The molecule has 0 saturated carbocycles. The fourth-order valence-corrected chi connectivity index (χ4v) is 3.63. The van der Waals surface area contributed by atoms with E-state index in [4.69, 9.17) is 0 Å². The van der Waals surface area contributed by atoms with Crippen molar-refractivity contribution in [2.75, 3.05) is 6.54 Å². The summed E-state index contributed by atoms with van der Waals surface area (Å²) in [6.45, 7) is 6.95. The van der Waals surface area contributed by atoms with E-state index in [-0.39, 0.29) is 5.56 Å². The summed E-state index contributed by atoms with van der Waals surface area (Å²) in [7, 11) is 0. The van der Waals surface area contributed by atoms with Crippen LogP contribution < -0.4 is 16.2 Å². The Kier molecular flexibility index (Phi) is 7.03. The average molecular weight is 395 g/mol. The van der Waals surface area contributed by atoms with Crippen molar-refractivity contribution in [3.8, 4) is 0 Å². The molecule has 1 aromatic carbocycles. The fourth-order valence-electron chi connectivity index (χ4n) is 2.80. The van der Waals surface area contributed by atoms with E-state index in [1.165, 1.54) is 9.75 Å². The van der Waals surface area contributed by atoms with Gasteiger partial charge in [-0.15, -0.1) is 11.3 Å². The summed E-state index contributed by atoms with van der Waals surface area (Å²) in [5.74, 6) is 0.813. The van der Waals surface area contributed by atoms with Gasteiger partial charge in [0.2, 0.25) is 0 Å². The molecule has 0 spiro atoms. The van der Waals surface area contributed by atoms with Gasteiger partial charge in [-0.2, -0.15) is 0 Å². The molecule has 3 aromatic rings. The Labute approximate surface area is 169 Å². The molecule has 0 saturated heterocycles. The number of nitrogens with one attached hydrogen (secondary N) is 2. The summed E-state index contributed by atoms with van der Waals surface area (Å²) < 4.78 is 1.70. The number of hydrogen-bond acceptors (Lipinski definition) is 3. The molecule has 0 radical (unpaired) electrons. The van der Waals surface area contributed by atoms with Gasteiger partial charge in [-0.25, -0.2) is 4.99 Å². The minimum Gasteiger partial charge on any atom is -0.357 e. The highest BCUT2D eigenvalue weighted by molar-refractivity contribution is 7.11. The second-order valence-corrected chi connectivity index (χ2v) is 7.92. The number of aryl methyl sites for hydroxylation is 1. The van der Waals surface area contributed by atoms with Crippen LogP contribution in [0.2, 0.25) is 0 Å². The Morgan fingerprint density at radius 2 is 1.82 bits per heavy atom. The third-order valence-corrected chi connectivity index (χ3v) is 5.27. The van der Waals surface area contributed by atoms with E-state index in [2.05, 4.69) is 65.9 Å². The Bertz CT molecular complexity index is 972. The van der Waals surface area contributed by atoms with Crippen molar-refractivity contribution in [3.63, 3.8) is 0 Å². The van der Waals surface area contributed by atoms with E-state index in [0.717, 1.165) is 30.2 Å². The van der Waals surface area contributed by atoms with Crippen LogP contribution in [0, 0.1) is 6.92 Å². The molecular formula is C22H26N4OS. The average Bonchev–Trinajstić information content (AvgIpc) is 3.12. The van der Waals surface area contributed by atoms with Gasteiger partial charge in [0.25, 0.3) is 5.56 Å². The molecule has 28 heavy (non-hydrogen) atoms. The first-order valence-corrected chi connectivity index (χ1v) is 10.3. The Balaban J connectivity index is 1.59. The van der Waals surface area contributed by atoms with E-state index in [0.29, 0.717) is 13.1 Å². The normalized spacial score (nSPS) is 11.4. The first-order chi connectivity index (χ1) is 13.6. The summed E-state index contributed by atoms with van der Waals surface area (Å²) >= 11 is 1.80. The van der Waals surface area contributed by atoms with Gasteiger partial charge in [0.15, 0.2) is 5.96 Å². The third kappa shape index (κ3) is 5.82. The maximum atomic E-state index is 11.8. The van der Waals surface area contributed by atoms with Gasteiger partial charge in [-0.05, 0) is 43.2 Å². The molecule has 2 aromatic heterocycles. The number of hydrogen-bond donors (Lipinski definition) is 2. The van der Waals surface area contributed by atoms with Gasteiger partial charge in [-0.3, -0.25) is 4.79 Å². The van der Waals surface area contributed by atoms with Gasteiger partial charge in [0.05, 0.1) is 19.6 Å². The van der Waals surface area contributed by atoms with Gasteiger partial charge < -0.3 is 15.2 Å². The lowest BCUT2D eigenvalue weighted by atomic mass is 10.1. The van der Waals surface area contributed by atoms with Crippen molar-refractivity contribution in [2.45, 2.75) is 33.5 Å². The molecule has 0 aliphatic rings. The van der Waals surface area contributed by atoms with Crippen molar-refractivity contribution in [2.24, 2.45) is 4.99 Å². The Morgan fingerprint density at radius 3 is 2.50 bits per heavy atom. The molecule has 0 aliphatic carbocycles. The zero-order valence-electron chi connectivity index (χ0n) is 16.3. The van der Waals surface area contributed by atoms with Crippen molar-refractivity contribution in [1.82, 2.24) is 15.2 Å². The lowest BCUT2D eigenvalue weighted by Gasteiger charge is -2.11. The monoisotopic (exact) mass is 394 g/mol. The molecule has 2 heterocycles. The van der Waals surface area contributed by atoms with Crippen molar-refractivity contribution >= 4 is 17.3 Å². The van der Waals surface area contributed by atoms with Crippen molar-refractivity contribution < 1.29 is 0 Å². The highest BCUT2D eigenvalue weighted by Crippen LogP contribution is 2.14. The molecule has 2 N–H and O–H groups in total. The van der Waals surface area contributed by atoms with Crippen molar-refractivity contribution in [1.29, 1.82) is 0 Å². The molecular weight excluding hydrogens is 368 g/mol. The van der Waals surface area contributed by atoms with Crippen LogP contribution in [0.15, 0.2) is 70.6 Å². The van der Waals surface area contributed by atoms with Crippen LogP contribution in [-0.4, -0.2) is 17.1 Å². The molecule has 0 fully saturated rings. The molecule has 3 rings (SSSR count). The molecule has 0 atom stereocenters. The largest absolute Gasteiger partial charge is 0.357 e. The Hall–Kier alpha value is -2.86. The lowest BCUT2D eigenvalue weighted by Crippen LogP contribution is -2.36. The number of benzene rings is 1. The molecule has 0 bridgehead atoms. The van der Waals surface area contributed by atoms with Crippen LogP contribution in [-0.2, 0) is 19.6 Å². The first kappa shape index (κ1) is 19.9. The Morgan fingerprint density at radius 1 is 1.04 bits per heavy atom.